The normalized spacial score (nSPS) is 11.1. The highest BCUT2D eigenvalue weighted by atomic mass is 32.2. The standard InChI is InChI=1S/C21H21N3O6S2/c1-13-7-8-15(32(22,27)28)9-16(13)21(26)30-11-14-12-31-20(23-14)10-19(25)24-17-5-3-4-6-18(17)29-2/h3-9,12H,10-11H2,1-2H3,(H,24,25)(H2,22,27,28). The number of sulfonamides is 1. The van der Waals surface area contributed by atoms with Gasteiger partial charge >= 0.3 is 5.97 Å². The van der Waals surface area contributed by atoms with Crippen molar-refractivity contribution in [3.8, 4) is 5.75 Å². The number of thiazole rings is 1. The van der Waals surface area contributed by atoms with E-state index in [1.165, 1.54) is 36.6 Å². The van der Waals surface area contributed by atoms with Gasteiger partial charge in [0.2, 0.25) is 15.9 Å². The molecule has 0 saturated carbocycles. The van der Waals surface area contributed by atoms with Crippen LogP contribution >= 0.6 is 11.3 Å². The average Bonchev–Trinajstić information content (AvgIpc) is 3.19. The number of carbonyl (C=O) groups excluding carboxylic acids is 2. The van der Waals surface area contributed by atoms with Crippen molar-refractivity contribution in [1.82, 2.24) is 4.98 Å². The number of hydrogen-bond acceptors (Lipinski definition) is 8. The van der Waals surface area contributed by atoms with Gasteiger partial charge in [0.1, 0.15) is 17.4 Å². The van der Waals surface area contributed by atoms with E-state index < -0.39 is 16.0 Å². The molecule has 1 amide bonds. The zero-order valence-corrected chi connectivity index (χ0v) is 19.0. The van der Waals surface area contributed by atoms with Gasteiger partial charge in [0.25, 0.3) is 0 Å². The number of esters is 1. The highest BCUT2D eigenvalue weighted by Crippen LogP contribution is 2.23. The molecule has 0 radical (unpaired) electrons. The lowest BCUT2D eigenvalue weighted by Gasteiger charge is -2.09. The molecule has 0 saturated heterocycles. The number of carbonyl (C=O) groups is 2. The third-order valence-corrected chi connectivity index (χ3v) is 6.21. The van der Waals surface area contributed by atoms with Crippen molar-refractivity contribution >= 4 is 38.9 Å². The van der Waals surface area contributed by atoms with Crippen LogP contribution in [-0.4, -0.2) is 32.4 Å². The molecule has 0 atom stereocenters. The van der Waals surface area contributed by atoms with E-state index in [-0.39, 0.29) is 29.4 Å². The van der Waals surface area contributed by atoms with Gasteiger partial charge in [-0.25, -0.2) is 23.3 Å². The smallest absolute Gasteiger partial charge is 0.338 e. The number of amides is 1. The molecule has 32 heavy (non-hydrogen) atoms. The molecular formula is C21H21N3O6S2. The second-order valence-electron chi connectivity index (χ2n) is 6.76. The van der Waals surface area contributed by atoms with Crippen LogP contribution in [0.5, 0.6) is 5.75 Å². The number of primary sulfonamides is 1. The fourth-order valence-corrected chi connectivity index (χ4v) is 4.11. The molecule has 0 aliphatic rings. The van der Waals surface area contributed by atoms with E-state index in [2.05, 4.69) is 10.3 Å². The Labute approximate surface area is 189 Å². The van der Waals surface area contributed by atoms with Crippen LogP contribution in [0.4, 0.5) is 5.69 Å². The van der Waals surface area contributed by atoms with Gasteiger partial charge in [0, 0.05) is 5.38 Å². The summed E-state index contributed by atoms with van der Waals surface area (Å²) in [5, 5.41) is 10.1. The topological polar surface area (TPSA) is 138 Å². The first-order valence-electron chi connectivity index (χ1n) is 9.34. The summed E-state index contributed by atoms with van der Waals surface area (Å²) in [6.07, 6.45) is 0.0478. The monoisotopic (exact) mass is 475 g/mol. The molecular weight excluding hydrogens is 454 g/mol. The molecule has 11 heteroatoms. The van der Waals surface area contributed by atoms with E-state index in [9.17, 15) is 18.0 Å². The van der Waals surface area contributed by atoms with Crippen LogP contribution in [-0.2, 0) is 32.6 Å². The summed E-state index contributed by atoms with van der Waals surface area (Å²) >= 11 is 1.26. The van der Waals surface area contributed by atoms with Crippen molar-refractivity contribution in [2.24, 2.45) is 5.14 Å². The van der Waals surface area contributed by atoms with Crippen molar-refractivity contribution in [2.45, 2.75) is 24.8 Å². The molecule has 0 aliphatic heterocycles. The first-order valence-corrected chi connectivity index (χ1v) is 11.8. The largest absolute Gasteiger partial charge is 0.495 e. The number of anilines is 1. The quantitative estimate of drug-likeness (QED) is 0.478. The summed E-state index contributed by atoms with van der Waals surface area (Å²) in [4.78, 5) is 28.9. The zero-order valence-electron chi connectivity index (χ0n) is 17.3. The van der Waals surface area contributed by atoms with Gasteiger partial charge < -0.3 is 14.8 Å². The maximum Gasteiger partial charge on any atom is 0.338 e. The second kappa shape index (κ2) is 9.90. The Morgan fingerprint density at radius 2 is 1.94 bits per heavy atom. The average molecular weight is 476 g/mol. The number of nitrogens with zero attached hydrogens (tertiary/aromatic N) is 1. The molecule has 1 heterocycles. The molecule has 3 aromatic rings. The van der Waals surface area contributed by atoms with E-state index in [1.54, 1.807) is 36.6 Å². The van der Waals surface area contributed by atoms with Crippen LogP contribution in [0.2, 0.25) is 0 Å². The van der Waals surface area contributed by atoms with Crippen LogP contribution in [0.1, 0.15) is 26.6 Å². The lowest BCUT2D eigenvalue weighted by atomic mass is 10.1. The summed E-state index contributed by atoms with van der Waals surface area (Å²) in [7, 11) is -2.42. The number of ether oxygens (including phenoxy) is 2. The number of nitrogens with one attached hydrogen (secondary N) is 1. The molecule has 0 aliphatic carbocycles. The minimum absolute atomic E-state index is 0.0478. The van der Waals surface area contributed by atoms with E-state index in [1.807, 2.05) is 0 Å². The Morgan fingerprint density at radius 1 is 1.19 bits per heavy atom. The van der Waals surface area contributed by atoms with E-state index >= 15 is 0 Å². The van der Waals surface area contributed by atoms with Gasteiger partial charge in [-0.15, -0.1) is 11.3 Å². The van der Waals surface area contributed by atoms with Crippen molar-refractivity contribution < 1.29 is 27.5 Å². The van der Waals surface area contributed by atoms with E-state index in [4.69, 9.17) is 14.6 Å². The van der Waals surface area contributed by atoms with Crippen molar-refractivity contribution in [2.75, 3.05) is 12.4 Å². The number of rotatable bonds is 8. The Balaban J connectivity index is 1.60. The molecule has 1 aromatic heterocycles. The van der Waals surface area contributed by atoms with Gasteiger partial charge in [0.15, 0.2) is 0 Å². The van der Waals surface area contributed by atoms with E-state index in [0.29, 0.717) is 27.7 Å². The van der Waals surface area contributed by atoms with Crippen molar-refractivity contribution in [3.63, 3.8) is 0 Å². The number of nitrogens with two attached hydrogens (primary N) is 1. The lowest BCUT2D eigenvalue weighted by molar-refractivity contribution is -0.115. The Bertz CT molecular complexity index is 1250. The summed E-state index contributed by atoms with van der Waals surface area (Å²) < 4.78 is 33.5. The number of aromatic nitrogens is 1. The Kier molecular flexibility index (Phi) is 7.23. The van der Waals surface area contributed by atoms with Crippen molar-refractivity contribution in [3.05, 3.63) is 69.7 Å². The van der Waals surface area contributed by atoms with Gasteiger partial charge in [-0.1, -0.05) is 18.2 Å². The van der Waals surface area contributed by atoms with Gasteiger partial charge in [-0.05, 0) is 36.8 Å². The first-order chi connectivity index (χ1) is 15.2. The number of hydrogen-bond donors (Lipinski definition) is 2. The lowest BCUT2D eigenvalue weighted by Crippen LogP contribution is -2.15. The summed E-state index contributed by atoms with van der Waals surface area (Å²) in [6, 6.07) is 11.1. The van der Waals surface area contributed by atoms with Crippen LogP contribution in [0.3, 0.4) is 0 Å². The van der Waals surface area contributed by atoms with E-state index in [0.717, 1.165) is 0 Å². The molecule has 3 rings (SSSR count). The number of methoxy groups -OCH3 is 1. The number of para-hydroxylation sites is 2. The first kappa shape index (κ1) is 23.4. The maximum absolute atomic E-state index is 12.4. The van der Waals surface area contributed by atoms with Gasteiger partial charge in [-0.3, -0.25) is 4.79 Å². The predicted octanol–water partition coefficient (Wildman–Crippen LogP) is 2.65. The minimum atomic E-state index is -3.94. The second-order valence-corrected chi connectivity index (χ2v) is 9.26. The number of benzene rings is 2. The molecule has 0 fully saturated rings. The summed E-state index contributed by atoms with van der Waals surface area (Å²) in [6.45, 7) is 1.54. The fourth-order valence-electron chi connectivity index (χ4n) is 2.79. The van der Waals surface area contributed by atoms with Crippen molar-refractivity contribution in [1.29, 1.82) is 0 Å². The summed E-state index contributed by atoms with van der Waals surface area (Å²) in [5.41, 5.74) is 1.68. The zero-order chi connectivity index (χ0) is 23.3. The van der Waals surface area contributed by atoms with Gasteiger partial charge in [0.05, 0.1) is 35.4 Å². The minimum Gasteiger partial charge on any atom is -0.495 e. The highest BCUT2D eigenvalue weighted by Gasteiger charge is 2.17. The third kappa shape index (κ3) is 5.90. The molecule has 0 bridgehead atoms. The maximum atomic E-state index is 12.4. The molecule has 168 valence electrons. The van der Waals surface area contributed by atoms with Crippen LogP contribution in [0, 0.1) is 6.92 Å². The Hall–Kier alpha value is -3.28. The molecule has 3 N–H and O–H groups in total. The fraction of sp³-hybridized carbons (Fsp3) is 0.190. The molecule has 0 spiro atoms. The van der Waals surface area contributed by atoms with Crippen LogP contribution in [0.15, 0.2) is 52.7 Å². The third-order valence-electron chi connectivity index (χ3n) is 4.40. The van der Waals surface area contributed by atoms with Crippen LogP contribution < -0.4 is 15.2 Å². The van der Waals surface area contributed by atoms with Crippen LogP contribution in [0.25, 0.3) is 0 Å². The molecule has 9 nitrogen and oxygen atoms in total. The van der Waals surface area contributed by atoms with Gasteiger partial charge in [-0.2, -0.15) is 0 Å². The predicted molar refractivity (Wildman–Crippen MR) is 119 cm³/mol. The number of aryl methyl sites for hydroxylation is 1. The Morgan fingerprint density at radius 3 is 2.66 bits per heavy atom. The summed E-state index contributed by atoms with van der Waals surface area (Å²) in [5.74, 6) is -0.409. The molecule has 2 aromatic carbocycles. The SMILES string of the molecule is COc1ccccc1NC(=O)Cc1nc(COC(=O)c2cc(S(N)(=O)=O)ccc2C)cs1. The highest BCUT2D eigenvalue weighted by molar-refractivity contribution is 7.89. The molecule has 0 unspecified atom stereocenters.